The molecule has 1 aromatic carbocycles. The molecule has 1 saturated heterocycles. The molecule has 1 aliphatic heterocycles. The van der Waals surface area contributed by atoms with Crippen LogP contribution in [0.2, 0.25) is 5.15 Å². The van der Waals surface area contributed by atoms with Gasteiger partial charge in [-0.15, -0.1) is 0 Å². The topological polar surface area (TPSA) is 28.2 Å². The Hall–Kier alpha value is -1.60. The van der Waals surface area contributed by atoms with E-state index in [-0.39, 0.29) is 10.8 Å². The molecule has 142 valence electrons. The number of hydrogen-bond donors (Lipinski definition) is 1. The van der Waals surface area contributed by atoms with Crippen LogP contribution in [0.25, 0.3) is 10.8 Å². The van der Waals surface area contributed by atoms with Gasteiger partial charge in [0.05, 0.1) is 17.7 Å². The molecule has 2 heterocycles. The molecule has 0 radical (unpaired) electrons. The van der Waals surface area contributed by atoms with Gasteiger partial charge in [0.1, 0.15) is 11.3 Å². The quantitative estimate of drug-likeness (QED) is 0.591. The summed E-state index contributed by atoms with van der Waals surface area (Å²) >= 11 is 5.99. The maximum absolute atomic E-state index is 14.3. The fourth-order valence-electron chi connectivity index (χ4n) is 3.30. The van der Waals surface area contributed by atoms with Crippen LogP contribution < -0.4 is 5.32 Å². The predicted molar refractivity (Wildman–Crippen MR) is 95.6 cm³/mol. The number of hydrogen-bond acceptors (Lipinski definition) is 3. The lowest BCUT2D eigenvalue weighted by atomic mass is 9.98. The first kappa shape index (κ1) is 19.2. The van der Waals surface area contributed by atoms with Crippen LogP contribution in [-0.4, -0.2) is 48.4 Å². The normalized spacial score (nSPS) is 23.2. The maximum atomic E-state index is 14.3. The van der Waals surface area contributed by atoms with E-state index in [1.165, 1.54) is 6.07 Å². The van der Waals surface area contributed by atoms with Crippen LogP contribution in [0.3, 0.4) is 0 Å². The molecule has 1 aliphatic rings. The summed E-state index contributed by atoms with van der Waals surface area (Å²) in [5.74, 6) is -1.75. The van der Waals surface area contributed by atoms with Gasteiger partial charge >= 0.3 is 6.18 Å². The van der Waals surface area contributed by atoms with Gasteiger partial charge in [0.2, 0.25) is 0 Å². The van der Waals surface area contributed by atoms with Crippen LogP contribution in [-0.2, 0) is 0 Å². The number of likely N-dealkylation sites (tertiary alicyclic amines) is 1. The summed E-state index contributed by atoms with van der Waals surface area (Å²) in [6.45, 7) is 2.13. The van der Waals surface area contributed by atoms with E-state index in [1.807, 2.05) is 11.9 Å². The third kappa shape index (κ3) is 3.88. The zero-order chi connectivity index (χ0) is 19.1. The van der Waals surface area contributed by atoms with Crippen molar-refractivity contribution in [3.05, 3.63) is 35.1 Å². The van der Waals surface area contributed by atoms with Crippen molar-refractivity contribution < 1.29 is 17.6 Å². The second-order valence-corrected chi connectivity index (χ2v) is 7.20. The smallest absolute Gasteiger partial charge is 0.379 e. The van der Waals surface area contributed by atoms with Crippen LogP contribution in [0.4, 0.5) is 23.2 Å². The van der Waals surface area contributed by atoms with E-state index in [0.29, 0.717) is 29.4 Å². The van der Waals surface area contributed by atoms with E-state index in [1.54, 1.807) is 18.2 Å². The van der Waals surface area contributed by atoms with Crippen LogP contribution in [0, 0.1) is 0 Å². The van der Waals surface area contributed by atoms with Crippen molar-refractivity contribution in [1.29, 1.82) is 0 Å². The molecule has 1 unspecified atom stereocenters. The van der Waals surface area contributed by atoms with Gasteiger partial charge in [-0.2, -0.15) is 13.2 Å². The van der Waals surface area contributed by atoms with Crippen molar-refractivity contribution in [2.24, 2.45) is 0 Å². The lowest BCUT2D eigenvalue weighted by Crippen LogP contribution is -2.46. The highest BCUT2D eigenvalue weighted by atomic mass is 35.5. The van der Waals surface area contributed by atoms with Gasteiger partial charge in [-0.05, 0) is 32.5 Å². The number of piperidine rings is 1. The number of nitrogens with one attached hydrogen (secondary N) is 1. The molecule has 26 heavy (non-hydrogen) atoms. The van der Waals surface area contributed by atoms with Gasteiger partial charge in [-0.3, -0.25) is 0 Å². The monoisotopic (exact) mass is 389 g/mol. The second-order valence-electron chi connectivity index (χ2n) is 6.81. The molecule has 1 aromatic heterocycles. The number of alkyl halides is 4. The number of rotatable bonds is 3. The minimum absolute atomic E-state index is 0.0157. The molecule has 1 fully saturated rings. The summed E-state index contributed by atoms with van der Waals surface area (Å²) in [4.78, 5) is 5.83. The molecule has 0 bridgehead atoms. The van der Waals surface area contributed by atoms with Crippen molar-refractivity contribution in [3.63, 3.8) is 0 Å². The number of benzene rings is 1. The average Bonchev–Trinajstić information content (AvgIpc) is 2.55. The zero-order valence-electron chi connectivity index (χ0n) is 14.4. The Bertz CT molecular complexity index is 796. The van der Waals surface area contributed by atoms with E-state index >= 15 is 0 Å². The maximum Gasteiger partial charge on any atom is 0.397 e. The Morgan fingerprint density at radius 3 is 2.69 bits per heavy atom. The lowest BCUT2D eigenvalue weighted by Gasteiger charge is -2.33. The van der Waals surface area contributed by atoms with Crippen molar-refractivity contribution in [1.82, 2.24) is 9.88 Å². The zero-order valence-corrected chi connectivity index (χ0v) is 15.2. The molecule has 8 heteroatoms. The standard InChI is InChI=1S/C18H20ClF4N3/c1-10(18(21,22)23)17-11-4-3-5-14(12(11)8-16(19)25-17)24-15-6-7-26(2)9-13(15)20/h3-5,8,10,13,15,24H,6-7,9H2,1-2H3/t10?,13-,15+/m0/s1. The third-order valence-corrected chi connectivity index (χ3v) is 5.05. The predicted octanol–water partition coefficient (Wildman–Crippen LogP) is 5.01. The highest BCUT2D eigenvalue weighted by Gasteiger charge is 2.39. The molecule has 0 spiro atoms. The summed E-state index contributed by atoms with van der Waals surface area (Å²) in [6.07, 6.45) is -4.88. The van der Waals surface area contributed by atoms with Gasteiger partial charge in [0.15, 0.2) is 0 Å². The summed E-state index contributed by atoms with van der Waals surface area (Å²) in [5.41, 5.74) is 0.448. The first-order valence-electron chi connectivity index (χ1n) is 8.42. The summed E-state index contributed by atoms with van der Waals surface area (Å²) < 4.78 is 53.9. The molecule has 3 nitrogen and oxygen atoms in total. The highest BCUT2D eigenvalue weighted by molar-refractivity contribution is 6.30. The molecule has 1 N–H and O–H groups in total. The molecule has 3 rings (SSSR count). The Balaban J connectivity index is 2.01. The summed E-state index contributed by atoms with van der Waals surface area (Å²) in [7, 11) is 1.86. The lowest BCUT2D eigenvalue weighted by molar-refractivity contribution is -0.146. The van der Waals surface area contributed by atoms with Crippen molar-refractivity contribution in [2.45, 2.75) is 37.7 Å². The number of fused-ring (bicyclic) bond motifs is 1. The van der Waals surface area contributed by atoms with Crippen LogP contribution in [0.15, 0.2) is 24.3 Å². The van der Waals surface area contributed by atoms with Crippen LogP contribution >= 0.6 is 11.6 Å². The van der Waals surface area contributed by atoms with Gasteiger partial charge in [0.25, 0.3) is 0 Å². The number of pyridine rings is 1. The van der Waals surface area contributed by atoms with E-state index in [0.717, 1.165) is 13.5 Å². The fourth-order valence-corrected chi connectivity index (χ4v) is 3.50. The Morgan fingerprint density at radius 1 is 1.31 bits per heavy atom. The van der Waals surface area contributed by atoms with Crippen molar-refractivity contribution >= 4 is 28.1 Å². The SMILES string of the molecule is CC(c1nc(Cl)cc2c(N[C@@H]3CCN(C)C[C@@H]3F)cccc12)C(F)(F)F. The minimum atomic E-state index is -4.42. The molecule has 0 saturated carbocycles. The highest BCUT2D eigenvalue weighted by Crippen LogP contribution is 2.39. The molecular weight excluding hydrogens is 370 g/mol. The van der Waals surface area contributed by atoms with E-state index in [9.17, 15) is 17.6 Å². The Kier molecular flexibility index (Phi) is 5.30. The summed E-state index contributed by atoms with van der Waals surface area (Å²) in [5, 5.41) is 4.03. The van der Waals surface area contributed by atoms with Crippen LogP contribution in [0.5, 0.6) is 0 Å². The Labute approximate surface area is 154 Å². The van der Waals surface area contributed by atoms with Crippen LogP contribution in [0.1, 0.15) is 25.0 Å². The van der Waals surface area contributed by atoms with Gasteiger partial charge in [0, 0.05) is 29.5 Å². The van der Waals surface area contributed by atoms with Gasteiger partial charge in [-0.1, -0.05) is 23.7 Å². The number of halogens is 5. The first-order valence-corrected chi connectivity index (χ1v) is 8.79. The van der Waals surface area contributed by atoms with E-state index in [2.05, 4.69) is 10.3 Å². The number of anilines is 1. The summed E-state index contributed by atoms with van der Waals surface area (Å²) in [6, 6.07) is 6.09. The van der Waals surface area contributed by atoms with Crippen molar-refractivity contribution in [2.75, 3.05) is 25.5 Å². The Morgan fingerprint density at radius 2 is 2.04 bits per heavy atom. The third-order valence-electron chi connectivity index (χ3n) is 4.86. The largest absolute Gasteiger partial charge is 0.397 e. The van der Waals surface area contributed by atoms with Gasteiger partial charge < -0.3 is 10.2 Å². The fraction of sp³-hybridized carbons (Fsp3) is 0.500. The molecular formula is C18H20ClF4N3. The average molecular weight is 390 g/mol. The van der Waals surface area contributed by atoms with E-state index < -0.39 is 24.3 Å². The molecule has 2 aromatic rings. The van der Waals surface area contributed by atoms with Crippen molar-refractivity contribution in [3.8, 4) is 0 Å². The van der Waals surface area contributed by atoms with E-state index in [4.69, 9.17) is 11.6 Å². The molecule has 0 amide bonds. The number of nitrogens with zero attached hydrogens (tertiary/aromatic N) is 2. The number of aromatic nitrogens is 1. The second kappa shape index (κ2) is 7.19. The van der Waals surface area contributed by atoms with Gasteiger partial charge in [-0.25, -0.2) is 9.37 Å². The first-order chi connectivity index (χ1) is 12.2. The minimum Gasteiger partial charge on any atom is -0.379 e. The molecule has 0 aliphatic carbocycles. The molecule has 3 atom stereocenters.